The van der Waals surface area contributed by atoms with Crippen LogP contribution in [0.1, 0.15) is 30.4 Å². The Morgan fingerprint density at radius 3 is 2.55 bits per heavy atom. The molecule has 0 bridgehead atoms. The third-order valence-corrected chi connectivity index (χ3v) is 3.49. The SMILES string of the molecule is N#Cc1cc(OCC(=O)N2CCCCC2)ccc1C(F)(F)F. The van der Waals surface area contributed by atoms with Gasteiger partial charge in [-0.15, -0.1) is 0 Å². The van der Waals surface area contributed by atoms with Crippen molar-refractivity contribution >= 4 is 5.91 Å². The standard InChI is InChI=1S/C15H15F3N2O2/c16-15(17,18)13-5-4-12(8-11(13)9-19)22-10-14(21)20-6-2-1-3-7-20/h4-5,8H,1-3,6-7,10H2. The van der Waals surface area contributed by atoms with Gasteiger partial charge in [0.05, 0.1) is 17.2 Å². The molecule has 0 N–H and O–H groups in total. The van der Waals surface area contributed by atoms with E-state index in [1.165, 1.54) is 6.07 Å². The summed E-state index contributed by atoms with van der Waals surface area (Å²) in [6.07, 6.45) is -1.60. The van der Waals surface area contributed by atoms with Crippen LogP contribution in [0.4, 0.5) is 13.2 Å². The Morgan fingerprint density at radius 2 is 1.95 bits per heavy atom. The lowest BCUT2D eigenvalue weighted by atomic mass is 10.1. The van der Waals surface area contributed by atoms with Crippen molar-refractivity contribution in [3.63, 3.8) is 0 Å². The molecule has 7 heteroatoms. The summed E-state index contributed by atoms with van der Waals surface area (Å²) in [5.41, 5.74) is -1.53. The average molecular weight is 312 g/mol. The molecule has 0 radical (unpaired) electrons. The largest absolute Gasteiger partial charge is 0.484 e. The van der Waals surface area contributed by atoms with Gasteiger partial charge in [-0.1, -0.05) is 0 Å². The molecule has 1 aromatic carbocycles. The highest BCUT2D eigenvalue weighted by Crippen LogP contribution is 2.33. The van der Waals surface area contributed by atoms with E-state index in [1.54, 1.807) is 4.90 Å². The van der Waals surface area contributed by atoms with Crippen LogP contribution in [0.5, 0.6) is 5.75 Å². The zero-order valence-electron chi connectivity index (χ0n) is 11.8. The molecule has 0 spiro atoms. The number of amides is 1. The predicted molar refractivity (Wildman–Crippen MR) is 72.1 cm³/mol. The first-order valence-electron chi connectivity index (χ1n) is 6.94. The molecule has 1 amide bonds. The summed E-state index contributed by atoms with van der Waals surface area (Å²) in [7, 11) is 0. The van der Waals surface area contributed by atoms with Gasteiger partial charge in [0.15, 0.2) is 6.61 Å². The summed E-state index contributed by atoms with van der Waals surface area (Å²) < 4.78 is 43.2. The molecule has 0 aromatic heterocycles. The molecule has 2 rings (SSSR count). The minimum atomic E-state index is -4.59. The molecule has 1 aliphatic heterocycles. The zero-order valence-corrected chi connectivity index (χ0v) is 11.8. The third kappa shape index (κ3) is 3.91. The van der Waals surface area contributed by atoms with Crippen molar-refractivity contribution in [3.05, 3.63) is 29.3 Å². The quantitative estimate of drug-likeness (QED) is 0.862. The van der Waals surface area contributed by atoms with E-state index in [4.69, 9.17) is 10.00 Å². The minimum Gasteiger partial charge on any atom is -0.484 e. The maximum Gasteiger partial charge on any atom is 0.417 e. The third-order valence-electron chi connectivity index (χ3n) is 3.49. The van der Waals surface area contributed by atoms with Crippen LogP contribution in [0.25, 0.3) is 0 Å². The van der Waals surface area contributed by atoms with E-state index in [0.29, 0.717) is 13.1 Å². The number of hydrogen-bond donors (Lipinski definition) is 0. The summed E-state index contributed by atoms with van der Waals surface area (Å²) in [5, 5.41) is 8.81. The number of likely N-dealkylation sites (tertiary alicyclic amines) is 1. The summed E-state index contributed by atoms with van der Waals surface area (Å²) in [6, 6.07) is 4.41. The zero-order chi connectivity index (χ0) is 16.2. The Labute approximate surface area is 126 Å². The second-order valence-corrected chi connectivity index (χ2v) is 5.05. The molecule has 1 fully saturated rings. The number of alkyl halides is 3. The Morgan fingerprint density at radius 1 is 1.27 bits per heavy atom. The minimum absolute atomic E-state index is 0.0786. The van der Waals surface area contributed by atoms with Crippen LogP contribution in [0.2, 0.25) is 0 Å². The number of carbonyl (C=O) groups excluding carboxylic acids is 1. The van der Waals surface area contributed by atoms with Crippen molar-refractivity contribution in [3.8, 4) is 11.8 Å². The number of rotatable bonds is 3. The molecule has 1 saturated heterocycles. The maximum atomic E-state index is 12.7. The molecule has 0 atom stereocenters. The van der Waals surface area contributed by atoms with Crippen LogP contribution in [0.15, 0.2) is 18.2 Å². The molecule has 4 nitrogen and oxygen atoms in total. The number of piperidine rings is 1. The van der Waals surface area contributed by atoms with Gasteiger partial charge in [-0.3, -0.25) is 4.79 Å². The lowest BCUT2D eigenvalue weighted by Crippen LogP contribution is -2.38. The molecule has 0 unspecified atom stereocenters. The van der Waals surface area contributed by atoms with Gasteiger partial charge in [0.25, 0.3) is 5.91 Å². The van der Waals surface area contributed by atoms with Crippen LogP contribution < -0.4 is 4.74 Å². The number of nitrogens with zero attached hydrogens (tertiary/aromatic N) is 2. The van der Waals surface area contributed by atoms with Gasteiger partial charge in [0.2, 0.25) is 0 Å². The van der Waals surface area contributed by atoms with E-state index in [2.05, 4.69) is 0 Å². The van der Waals surface area contributed by atoms with Crippen LogP contribution in [0, 0.1) is 11.3 Å². The highest BCUT2D eigenvalue weighted by Gasteiger charge is 2.33. The number of benzene rings is 1. The number of halogens is 3. The monoisotopic (exact) mass is 312 g/mol. The highest BCUT2D eigenvalue weighted by atomic mass is 19.4. The summed E-state index contributed by atoms with van der Waals surface area (Å²) >= 11 is 0. The first kappa shape index (κ1) is 16.1. The first-order chi connectivity index (χ1) is 10.4. The normalized spacial score (nSPS) is 15.3. The van der Waals surface area contributed by atoms with Crippen LogP contribution in [0.3, 0.4) is 0 Å². The summed E-state index contributed by atoms with van der Waals surface area (Å²) in [6.45, 7) is 1.12. The first-order valence-corrected chi connectivity index (χ1v) is 6.94. The number of hydrogen-bond acceptors (Lipinski definition) is 3. The highest BCUT2D eigenvalue weighted by molar-refractivity contribution is 5.77. The van der Waals surface area contributed by atoms with Crippen molar-refractivity contribution in [1.82, 2.24) is 4.90 Å². The molecule has 0 aliphatic carbocycles. The topological polar surface area (TPSA) is 53.3 Å². The van der Waals surface area contributed by atoms with Crippen LogP contribution in [-0.4, -0.2) is 30.5 Å². The van der Waals surface area contributed by atoms with E-state index in [-0.39, 0.29) is 18.3 Å². The van der Waals surface area contributed by atoms with Gasteiger partial charge in [-0.25, -0.2) is 0 Å². The van der Waals surface area contributed by atoms with Crippen LogP contribution in [-0.2, 0) is 11.0 Å². The molecule has 1 aliphatic rings. The lowest BCUT2D eigenvalue weighted by Gasteiger charge is -2.26. The van der Waals surface area contributed by atoms with Gasteiger partial charge in [-0.2, -0.15) is 18.4 Å². The van der Waals surface area contributed by atoms with Crippen LogP contribution >= 0.6 is 0 Å². The number of nitriles is 1. The van der Waals surface area contributed by atoms with Crippen molar-refractivity contribution in [2.45, 2.75) is 25.4 Å². The molecule has 118 valence electrons. The smallest absolute Gasteiger partial charge is 0.417 e. The Balaban J connectivity index is 2.01. The van der Waals surface area contributed by atoms with Crippen molar-refractivity contribution < 1.29 is 22.7 Å². The summed E-state index contributed by atoms with van der Waals surface area (Å²) in [5.74, 6) is -0.118. The fraction of sp³-hybridized carbons (Fsp3) is 0.467. The molecule has 0 saturated carbocycles. The molecular formula is C15H15F3N2O2. The van der Waals surface area contributed by atoms with E-state index < -0.39 is 17.3 Å². The number of carbonyl (C=O) groups is 1. The molecule has 1 aromatic rings. The Hall–Kier alpha value is -2.23. The fourth-order valence-electron chi connectivity index (χ4n) is 2.33. The second-order valence-electron chi connectivity index (χ2n) is 5.05. The van der Waals surface area contributed by atoms with Gasteiger partial charge >= 0.3 is 6.18 Å². The second kappa shape index (κ2) is 6.69. The van der Waals surface area contributed by atoms with Crippen molar-refractivity contribution in [2.75, 3.05) is 19.7 Å². The van der Waals surface area contributed by atoms with E-state index in [1.807, 2.05) is 0 Å². The number of ether oxygens (including phenoxy) is 1. The van der Waals surface area contributed by atoms with Gasteiger partial charge < -0.3 is 9.64 Å². The predicted octanol–water partition coefficient (Wildman–Crippen LogP) is 2.97. The van der Waals surface area contributed by atoms with Crippen molar-refractivity contribution in [1.29, 1.82) is 5.26 Å². The van der Waals surface area contributed by atoms with E-state index in [9.17, 15) is 18.0 Å². The van der Waals surface area contributed by atoms with Crippen molar-refractivity contribution in [2.24, 2.45) is 0 Å². The van der Waals surface area contributed by atoms with Gasteiger partial charge in [0, 0.05) is 13.1 Å². The van der Waals surface area contributed by atoms with E-state index in [0.717, 1.165) is 37.5 Å². The molecule has 22 heavy (non-hydrogen) atoms. The molecule has 1 heterocycles. The van der Waals surface area contributed by atoms with Gasteiger partial charge in [-0.05, 0) is 37.5 Å². The summed E-state index contributed by atoms with van der Waals surface area (Å²) in [4.78, 5) is 13.6. The maximum absolute atomic E-state index is 12.7. The van der Waals surface area contributed by atoms with Gasteiger partial charge in [0.1, 0.15) is 5.75 Å². The Kier molecular flexibility index (Phi) is 4.91. The Bertz CT molecular complexity index is 587. The lowest BCUT2D eigenvalue weighted by molar-refractivity contribution is -0.138. The fourth-order valence-corrected chi connectivity index (χ4v) is 2.33. The van der Waals surface area contributed by atoms with E-state index >= 15 is 0 Å². The molecular weight excluding hydrogens is 297 g/mol. The average Bonchev–Trinajstić information content (AvgIpc) is 2.52.